The molecule has 0 bridgehead atoms. The van der Waals surface area contributed by atoms with Crippen molar-refractivity contribution in [3.63, 3.8) is 0 Å². The molecule has 0 saturated carbocycles. The molecule has 1 amide bonds. The van der Waals surface area contributed by atoms with Crippen molar-refractivity contribution in [3.05, 3.63) is 91.0 Å². The maximum absolute atomic E-state index is 13.3. The summed E-state index contributed by atoms with van der Waals surface area (Å²) in [5.74, 6) is -0.216. The third-order valence-corrected chi connectivity index (χ3v) is 7.60. The van der Waals surface area contributed by atoms with Crippen molar-refractivity contribution in [2.24, 2.45) is 5.92 Å². The van der Waals surface area contributed by atoms with Crippen LogP contribution in [0.3, 0.4) is 0 Å². The van der Waals surface area contributed by atoms with E-state index in [1.54, 1.807) is 4.90 Å². The smallest absolute Gasteiger partial charge is 0.310 e. The molecule has 7 heteroatoms. The van der Waals surface area contributed by atoms with Gasteiger partial charge in [0.25, 0.3) is 0 Å². The van der Waals surface area contributed by atoms with Gasteiger partial charge in [-0.3, -0.25) is 14.2 Å². The van der Waals surface area contributed by atoms with Crippen LogP contribution in [0.1, 0.15) is 19.8 Å². The van der Waals surface area contributed by atoms with E-state index in [1.165, 1.54) is 11.8 Å². The van der Waals surface area contributed by atoms with Crippen LogP contribution in [0.25, 0.3) is 28.2 Å². The maximum atomic E-state index is 13.3. The van der Waals surface area contributed by atoms with Gasteiger partial charge in [-0.05, 0) is 31.9 Å². The van der Waals surface area contributed by atoms with Crippen molar-refractivity contribution >= 4 is 23.6 Å². The number of rotatable bonds is 8. The average molecular weight is 526 g/mol. The Bertz CT molecular complexity index is 1370. The Kier molecular flexibility index (Phi) is 8.24. The summed E-state index contributed by atoms with van der Waals surface area (Å²) in [6.45, 7) is 3.24. The number of benzene rings is 3. The molecule has 0 spiro atoms. The molecular weight excluding hydrogens is 494 g/mol. The largest absolute Gasteiger partial charge is 0.466 e. The molecule has 0 aliphatic carbocycles. The van der Waals surface area contributed by atoms with E-state index in [0.717, 1.165) is 46.2 Å². The number of imidazole rings is 1. The fourth-order valence-corrected chi connectivity index (χ4v) is 5.76. The van der Waals surface area contributed by atoms with Crippen LogP contribution in [-0.2, 0) is 14.3 Å². The molecule has 0 N–H and O–H groups in total. The Balaban J connectivity index is 1.49. The molecule has 38 heavy (non-hydrogen) atoms. The molecule has 1 atom stereocenters. The number of piperidine rings is 1. The quantitative estimate of drug-likeness (QED) is 0.205. The second kappa shape index (κ2) is 12.1. The number of amides is 1. The molecular formula is C31H31N3O3S. The van der Waals surface area contributed by atoms with Crippen molar-refractivity contribution in [2.75, 3.05) is 25.4 Å². The number of likely N-dealkylation sites (tertiary alicyclic amines) is 1. The van der Waals surface area contributed by atoms with Crippen LogP contribution in [0, 0.1) is 5.92 Å². The Morgan fingerprint density at radius 2 is 1.55 bits per heavy atom. The van der Waals surface area contributed by atoms with Gasteiger partial charge in [0.1, 0.15) is 0 Å². The van der Waals surface area contributed by atoms with Crippen LogP contribution in [-0.4, -0.2) is 51.8 Å². The van der Waals surface area contributed by atoms with Crippen molar-refractivity contribution in [1.29, 1.82) is 0 Å². The van der Waals surface area contributed by atoms with Gasteiger partial charge in [0.2, 0.25) is 5.91 Å². The summed E-state index contributed by atoms with van der Waals surface area (Å²) in [5, 5.41) is 0.751. The monoisotopic (exact) mass is 525 g/mol. The fraction of sp³-hybridized carbons (Fsp3) is 0.258. The summed E-state index contributed by atoms with van der Waals surface area (Å²) >= 11 is 1.43. The summed E-state index contributed by atoms with van der Waals surface area (Å²) in [7, 11) is 0. The van der Waals surface area contributed by atoms with E-state index >= 15 is 0 Å². The van der Waals surface area contributed by atoms with Crippen LogP contribution in [0.4, 0.5) is 0 Å². The lowest BCUT2D eigenvalue weighted by Crippen LogP contribution is -2.43. The lowest BCUT2D eigenvalue weighted by Gasteiger charge is -2.31. The minimum absolute atomic E-state index is 0.00846. The minimum Gasteiger partial charge on any atom is -0.466 e. The highest BCUT2D eigenvalue weighted by Crippen LogP contribution is 2.38. The SMILES string of the molecule is CCOC(=O)C1CCCN(C(=O)CSc2nc(-c3ccccc3)c(-c3ccccc3)n2-c2ccccc2)C1. The molecule has 1 aliphatic rings. The van der Waals surface area contributed by atoms with Gasteiger partial charge in [-0.15, -0.1) is 0 Å². The third-order valence-electron chi connectivity index (χ3n) is 6.67. The van der Waals surface area contributed by atoms with Crippen molar-refractivity contribution in [3.8, 4) is 28.2 Å². The number of esters is 1. The van der Waals surface area contributed by atoms with E-state index < -0.39 is 0 Å². The number of aromatic nitrogens is 2. The lowest BCUT2D eigenvalue weighted by atomic mass is 9.98. The Hall–Kier alpha value is -3.84. The Morgan fingerprint density at radius 1 is 0.921 bits per heavy atom. The normalized spacial score (nSPS) is 15.3. The molecule has 1 saturated heterocycles. The summed E-state index contributed by atoms with van der Waals surface area (Å²) < 4.78 is 7.35. The highest BCUT2D eigenvalue weighted by atomic mass is 32.2. The van der Waals surface area contributed by atoms with Gasteiger partial charge in [0.15, 0.2) is 5.16 Å². The maximum Gasteiger partial charge on any atom is 0.310 e. The van der Waals surface area contributed by atoms with Gasteiger partial charge >= 0.3 is 5.97 Å². The molecule has 194 valence electrons. The van der Waals surface area contributed by atoms with E-state index in [9.17, 15) is 9.59 Å². The van der Waals surface area contributed by atoms with Gasteiger partial charge in [-0.2, -0.15) is 0 Å². The number of ether oxygens (including phenoxy) is 1. The standard InChI is InChI=1S/C31H31N3O3S/c1-2-37-30(36)25-17-12-20-33(21-25)27(35)22-38-31-32-28(23-13-6-3-7-14-23)29(24-15-8-4-9-16-24)34(31)26-18-10-5-11-19-26/h3-11,13-16,18-19,25H,2,12,17,20-22H2,1H3. The molecule has 4 aromatic rings. The number of carbonyl (C=O) groups is 2. The zero-order valence-corrected chi connectivity index (χ0v) is 22.3. The summed E-state index contributed by atoms with van der Waals surface area (Å²) in [6.07, 6.45) is 1.56. The highest BCUT2D eigenvalue weighted by Gasteiger charge is 2.30. The molecule has 6 nitrogen and oxygen atoms in total. The van der Waals surface area contributed by atoms with Crippen molar-refractivity contribution in [1.82, 2.24) is 14.5 Å². The molecule has 0 radical (unpaired) electrons. The minimum atomic E-state index is -0.252. The average Bonchev–Trinajstić information content (AvgIpc) is 3.37. The Morgan fingerprint density at radius 3 is 2.21 bits per heavy atom. The van der Waals surface area contributed by atoms with E-state index in [0.29, 0.717) is 19.7 Å². The van der Waals surface area contributed by atoms with E-state index in [4.69, 9.17) is 9.72 Å². The van der Waals surface area contributed by atoms with Crippen molar-refractivity contribution < 1.29 is 14.3 Å². The molecule has 5 rings (SSSR count). The summed E-state index contributed by atoms with van der Waals surface area (Å²) in [4.78, 5) is 32.5. The molecule has 1 aliphatic heterocycles. The van der Waals surface area contributed by atoms with Gasteiger partial charge in [0, 0.05) is 29.9 Å². The van der Waals surface area contributed by atoms with Gasteiger partial charge in [-0.25, -0.2) is 4.98 Å². The summed E-state index contributed by atoms with van der Waals surface area (Å²) in [6, 6.07) is 30.5. The topological polar surface area (TPSA) is 64.4 Å². The molecule has 1 unspecified atom stereocenters. The predicted molar refractivity (Wildman–Crippen MR) is 151 cm³/mol. The molecule has 3 aromatic carbocycles. The molecule has 2 heterocycles. The zero-order valence-electron chi connectivity index (χ0n) is 21.5. The van der Waals surface area contributed by atoms with Crippen molar-refractivity contribution in [2.45, 2.75) is 24.9 Å². The number of thioether (sulfide) groups is 1. The first-order valence-corrected chi connectivity index (χ1v) is 14.0. The number of hydrogen-bond donors (Lipinski definition) is 0. The van der Waals surface area contributed by atoms with Crippen LogP contribution < -0.4 is 0 Å². The third kappa shape index (κ3) is 5.68. The highest BCUT2D eigenvalue weighted by molar-refractivity contribution is 7.99. The number of carbonyl (C=O) groups excluding carboxylic acids is 2. The van der Waals surface area contributed by atoms with E-state index in [2.05, 4.69) is 41.0 Å². The second-order valence-electron chi connectivity index (χ2n) is 9.21. The summed E-state index contributed by atoms with van der Waals surface area (Å²) in [5.41, 5.74) is 4.90. The van der Waals surface area contributed by atoms with Crippen LogP contribution in [0.5, 0.6) is 0 Å². The molecule has 1 aromatic heterocycles. The van der Waals surface area contributed by atoms with Gasteiger partial charge in [0.05, 0.1) is 29.7 Å². The Labute approximate surface area is 227 Å². The first-order valence-electron chi connectivity index (χ1n) is 13.0. The van der Waals surface area contributed by atoms with Crippen LogP contribution >= 0.6 is 11.8 Å². The first kappa shape index (κ1) is 25.8. The van der Waals surface area contributed by atoms with Crippen LogP contribution in [0.2, 0.25) is 0 Å². The van der Waals surface area contributed by atoms with Crippen LogP contribution in [0.15, 0.2) is 96.2 Å². The number of nitrogens with zero attached hydrogens (tertiary/aromatic N) is 3. The van der Waals surface area contributed by atoms with Gasteiger partial charge in [-0.1, -0.05) is 90.6 Å². The molecule has 1 fully saturated rings. The number of hydrogen-bond acceptors (Lipinski definition) is 5. The lowest BCUT2D eigenvalue weighted by molar-refractivity contribution is -0.151. The number of para-hydroxylation sites is 1. The zero-order chi connectivity index (χ0) is 26.3. The van der Waals surface area contributed by atoms with Gasteiger partial charge < -0.3 is 9.64 Å². The first-order chi connectivity index (χ1) is 18.7. The predicted octanol–water partition coefficient (Wildman–Crippen LogP) is 6.10. The fourth-order valence-electron chi connectivity index (χ4n) is 4.85. The van der Waals surface area contributed by atoms with E-state index in [1.807, 2.05) is 61.5 Å². The second-order valence-corrected chi connectivity index (χ2v) is 10.2. The van der Waals surface area contributed by atoms with E-state index in [-0.39, 0.29) is 23.5 Å².